The maximum Gasteiger partial charge on any atom is 0.326 e. The van der Waals surface area contributed by atoms with Gasteiger partial charge in [-0.1, -0.05) is 0 Å². The molecule has 120 valence electrons. The standard InChI is InChI=1S/C12H22N4O5/c17-10(18)8-9(11(19)20)15-12(21)14-2-1-5-16-6-3-13-4-7-16/h9,13H,1-8H2,(H,17,18)(H,19,20)(H2,14,15,21). The number of hydrogen-bond donors (Lipinski definition) is 5. The van der Waals surface area contributed by atoms with E-state index in [1.807, 2.05) is 0 Å². The van der Waals surface area contributed by atoms with Crippen LogP contribution in [0.15, 0.2) is 0 Å². The van der Waals surface area contributed by atoms with Gasteiger partial charge in [-0.25, -0.2) is 9.59 Å². The van der Waals surface area contributed by atoms with Crippen LogP contribution in [0.4, 0.5) is 4.79 Å². The first-order chi connectivity index (χ1) is 9.99. The summed E-state index contributed by atoms with van der Waals surface area (Å²) in [4.78, 5) is 35.0. The average Bonchev–Trinajstić information content (AvgIpc) is 2.43. The summed E-state index contributed by atoms with van der Waals surface area (Å²) in [5.74, 6) is -2.64. The van der Waals surface area contributed by atoms with Crippen LogP contribution < -0.4 is 16.0 Å². The minimum absolute atomic E-state index is 0.412. The molecule has 1 saturated heterocycles. The van der Waals surface area contributed by atoms with Crippen LogP contribution in [0.2, 0.25) is 0 Å². The van der Waals surface area contributed by atoms with Crippen molar-refractivity contribution in [2.24, 2.45) is 0 Å². The first kappa shape index (κ1) is 17.2. The highest BCUT2D eigenvalue weighted by Gasteiger charge is 2.22. The largest absolute Gasteiger partial charge is 0.481 e. The Morgan fingerprint density at radius 3 is 2.43 bits per heavy atom. The summed E-state index contributed by atoms with van der Waals surface area (Å²) in [6.07, 6.45) is 0.105. The fourth-order valence-electron chi connectivity index (χ4n) is 2.02. The molecule has 0 bridgehead atoms. The Morgan fingerprint density at radius 1 is 1.19 bits per heavy atom. The Bertz CT molecular complexity index is 371. The highest BCUT2D eigenvalue weighted by molar-refractivity contribution is 5.86. The molecular weight excluding hydrogens is 280 g/mol. The van der Waals surface area contributed by atoms with Gasteiger partial charge in [0, 0.05) is 32.7 Å². The SMILES string of the molecule is O=C(O)CC(NC(=O)NCCCN1CCNCC1)C(=O)O. The number of carboxylic acid groups (broad SMARTS) is 2. The number of piperazine rings is 1. The smallest absolute Gasteiger partial charge is 0.326 e. The third-order valence-electron chi connectivity index (χ3n) is 3.13. The topological polar surface area (TPSA) is 131 Å². The number of hydrogen-bond acceptors (Lipinski definition) is 5. The van der Waals surface area contributed by atoms with Crippen LogP contribution in [0.5, 0.6) is 0 Å². The van der Waals surface area contributed by atoms with E-state index in [0.717, 1.165) is 39.1 Å². The number of nitrogens with one attached hydrogen (secondary N) is 3. The summed E-state index contributed by atoms with van der Waals surface area (Å²) in [7, 11) is 0. The van der Waals surface area contributed by atoms with Gasteiger partial charge in [-0.3, -0.25) is 4.79 Å². The van der Waals surface area contributed by atoms with Crippen LogP contribution in [0.25, 0.3) is 0 Å². The molecule has 0 aromatic heterocycles. The number of nitrogens with zero attached hydrogens (tertiary/aromatic N) is 1. The Balaban J connectivity index is 2.16. The second-order valence-corrected chi connectivity index (χ2v) is 4.83. The van der Waals surface area contributed by atoms with E-state index in [-0.39, 0.29) is 0 Å². The molecule has 1 fully saturated rings. The normalized spacial score (nSPS) is 17.0. The van der Waals surface area contributed by atoms with E-state index in [0.29, 0.717) is 6.54 Å². The van der Waals surface area contributed by atoms with E-state index < -0.39 is 30.4 Å². The molecule has 2 amide bonds. The fourth-order valence-corrected chi connectivity index (χ4v) is 2.02. The average molecular weight is 302 g/mol. The number of rotatable bonds is 8. The monoisotopic (exact) mass is 302 g/mol. The summed E-state index contributed by atoms with van der Waals surface area (Å²) < 4.78 is 0. The van der Waals surface area contributed by atoms with Crippen molar-refractivity contribution >= 4 is 18.0 Å². The van der Waals surface area contributed by atoms with Gasteiger partial charge >= 0.3 is 18.0 Å². The van der Waals surface area contributed by atoms with Crippen LogP contribution >= 0.6 is 0 Å². The lowest BCUT2D eigenvalue weighted by Crippen LogP contribution is -2.48. The van der Waals surface area contributed by atoms with Crippen molar-refractivity contribution in [2.45, 2.75) is 18.9 Å². The van der Waals surface area contributed by atoms with E-state index in [1.54, 1.807) is 0 Å². The molecule has 1 rings (SSSR count). The molecule has 1 heterocycles. The molecule has 1 aliphatic rings. The Labute approximate surface area is 122 Å². The predicted molar refractivity (Wildman–Crippen MR) is 74.1 cm³/mol. The summed E-state index contributed by atoms with van der Waals surface area (Å²) >= 11 is 0. The molecule has 0 aliphatic carbocycles. The van der Waals surface area contributed by atoms with E-state index in [9.17, 15) is 14.4 Å². The second-order valence-electron chi connectivity index (χ2n) is 4.83. The fraction of sp³-hybridized carbons (Fsp3) is 0.750. The lowest BCUT2D eigenvalue weighted by Gasteiger charge is -2.27. The number of aliphatic carboxylic acids is 2. The highest BCUT2D eigenvalue weighted by atomic mass is 16.4. The predicted octanol–water partition coefficient (Wildman–Crippen LogP) is -1.49. The first-order valence-corrected chi connectivity index (χ1v) is 6.91. The summed E-state index contributed by atoms with van der Waals surface area (Å²) in [5.41, 5.74) is 0. The first-order valence-electron chi connectivity index (χ1n) is 6.91. The Kier molecular flexibility index (Phi) is 7.48. The van der Waals surface area contributed by atoms with Gasteiger partial charge in [0.05, 0.1) is 6.42 Å². The molecule has 21 heavy (non-hydrogen) atoms. The number of carboxylic acids is 2. The molecule has 9 heteroatoms. The molecule has 9 nitrogen and oxygen atoms in total. The van der Waals surface area contributed by atoms with Gasteiger partial charge in [0.25, 0.3) is 0 Å². The van der Waals surface area contributed by atoms with Crippen molar-refractivity contribution in [2.75, 3.05) is 39.3 Å². The molecule has 1 aliphatic heterocycles. The Hall–Kier alpha value is -1.87. The molecular formula is C12H22N4O5. The molecule has 0 radical (unpaired) electrons. The van der Waals surface area contributed by atoms with Gasteiger partial charge in [-0.2, -0.15) is 0 Å². The summed E-state index contributed by atoms with van der Waals surface area (Å²) in [5, 5.41) is 25.3. The van der Waals surface area contributed by atoms with Crippen LogP contribution in [-0.2, 0) is 9.59 Å². The molecule has 0 aromatic carbocycles. The Morgan fingerprint density at radius 2 is 1.86 bits per heavy atom. The number of amides is 2. The molecule has 1 unspecified atom stereocenters. The maximum absolute atomic E-state index is 11.5. The van der Waals surface area contributed by atoms with Gasteiger partial charge in [0.2, 0.25) is 0 Å². The van der Waals surface area contributed by atoms with Gasteiger partial charge in [0.1, 0.15) is 6.04 Å². The molecule has 5 N–H and O–H groups in total. The molecule has 0 spiro atoms. The summed E-state index contributed by atoms with van der Waals surface area (Å²) in [6, 6.07) is -2.08. The third kappa shape index (κ3) is 7.47. The number of urea groups is 1. The van der Waals surface area contributed by atoms with Gasteiger partial charge in [-0.15, -0.1) is 0 Å². The van der Waals surface area contributed by atoms with Crippen molar-refractivity contribution in [3.8, 4) is 0 Å². The third-order valence-corrected chi connectivity index (χ3v) is 3.13. The van der Waals surface area contributed by atoms with Crippen molar-refractivity contribution in [3.05, 3.63) is 0 Å². The molecule has 0 aromatic rings. The zero-order chi connectivity index (χ0) is 15.7. The van der Waals surface area contributed by atoms with E-state index in [2.05, 4.69) is 20.9 Å². The van der Waals surface area contributed by atoms with Crippen LogP contribution in [0.1, 0.15) is 12.8 Å². The van der Waals surface area contributed by atoms with Gasteiger partial charge in [-0.05, 0) is 13.0 Å². The number of carbonyl (C=O) groups is 3. The van der Waals surface area contributed by atoms with E-state index in [1.165, 1.54) is 0 Å². The minimum atomic E-state index is -1.42. The van der Waals surface area contributed by atoms with Crippen molar-refractivity contribution in [1.82, 2.24) is 20.9 Å². The molecule has 0 saturated carbocycles. The lowest BCUT2D eigenvalue weighted by atomic mass is 10.2. The van der Waals surface area contributed by atoms with E-state index in [4.69, 9.17) is 10.2 Å². The van der Waals surface area contributed by atoms with Crippen LogP contribution in [0, 0.1) is 0 Å². The van der Waals surface area contributed by atoms with Crippen molar-refractivity contribution in [1.29, 1.82) is 0 Å². The highest BCUT2D eigenvalue weighted by Crippen LogP contribution is 1.94. The quantitative estimate of drug-likeness (QED) is 0.345. The van der Waals surface area contributed by atoms with Crippen molar-refractivity contribution in [3.63, 3.8) is 0 Å². The number of carbonyl (C=O) groups excluding carboxylic acids is 1. The van der Waals surface area contributed by atoms with Gasteiger partial charge < -0.3 is 31.1 Å². The minimum Gasteiger partial charge on any atom is -0.481 e. The lowest BCUT2D eigenvalue weighted by molar-refractivity contribution is -0.145. The van der Waals surface area contributed by atoms with Crippen molar-refractivity contribution < 1.29 is 24.6 Å². The maximum atomic E-state index is 11.5. The van der Waals surface area contributed by atoms with Crippen LogP contribution in [-0.4, -0.2) is 78.4 Å². The van der Waals surface area contributed by atoms with Gasteiger partial charge in [0.15, 0.2) is 0 Å². The summed E-state index contributed by atoms with van der Waals surface area (Å²) in [6.45, 7) is 5.15. The molecule has 1 atom stereocenters. The van der Waals surface area contributed by atoms with E-state index >= 15 is 0 Å². The zero-order valence-electron chi connectivity index (χ0n) is 11.8. The second kappa shape index (κ2) is 9.14. The zero-order valence-corrected chi connectivity index (χ0v) is 11.8. The van der Waals surface area contributed by atoms with Crippen LogP contribution in [0.3, 0.4) is 0 Å².